The molecular weight excluding hydrogens is 354 g/mol. The third-order valence-electron chi connectivity index (χ3n) is 5.33. The number of fused-ring (bicyclic) bond motifs is 3. The number of carbonyl (C=O) groups excluding carboxylic acids is 3. The molecule has 0 bridgehead atoms. The van der Waals surface area contributed by atoms with Crippen LogP contribution in [0.5, 0.6) is 0 Å². The van der Waals surface area contributed by atoms with E-state index in [4.69, 9.17) is 0 Å². The zero-order valence-corrected chi connectivity index (χ0v) is 15.6. The van der Waals surface area contributed by atoms with Crippen molar-refractivity contribution in [3.63, 3.8) is 0 Å². The van der Waals surface area contributed by atoms with E-state index in [1.54, 1.807) is 36.4 Å². The van der Waals surface area contributed by atoms with Crippen LogP contribution in [0.1, 0.15) is 28.8 Å². The predicted octanol–water partition coefficient (Wildman–Crippen LogP) is 3.10. The molecule has 0 radical (unpaired) electrons. The number of hydrogen-bond donors (Lipinski definition) is 1. The van der Waals surface area contributed by atoms with Crippen molar-refractivity contribution in [1.29, 1.82) is 0 Å². The SMILES string of the molecule is C=CCN1C(=O)c2ccccc2N2C(=O)CC[C@@]12C(=O)Nc1cccc(C)c1. The molecule has 142 valence electrons. The number of benzene rings is 2. The molecule has 0 saturated carbocycles. The molecule has 28 heavy (non-hydrogen) atoms. The molecular formula is C22H21N3O3. The monoisotopic (exact) mass is 375 g/mol. The maximum absolute atomic E-state index is 13.5. The summed E-state index contributed by atoms with van der Waals surface area (Å²) < 4.78 is 0. The number of aryl methyl sites for hydroxylation is 1. The Bertz CT molecular complexity index is 1000. The first-order valence-electron chi connectivity index (χ1n) is 9.22. The second kappa shape index (κ2) is 6.64. The first-order chi connectivity index (χ1) is 13.5. The molecule has 6 heteroatoms. The molecule has 3 amide bonds. The highest BCUT2D eigenvalue weighted by Crippen LogP contribution is 2.44. The van der Waals surface area contributed by atoms with E-state index in [0.29, 0.717) is 16.9 Å². The van der Waals surface area contributed by atoms with Gasteiger partial charge in [-0.2, -0.15) is 0 Å². The highest BCUT2D eigenvalue weighted by Gasteiger charge is 2.60. The van der Waals surface area contributed by atoms with E-state index in [9.17, 15) is 14.4 Å². The second-order valence-corrected chi connectivity index (χ2v) is 7.09. The highest BCUT2D eigenvalue weighted by molar-refractivity contribution is 6.18. The van der Waals surface area contributed by atoms with Gasteiger partial charge in [-0.1, -0.05) is 30.3 Å². The van der Waals surface area contributed by atoms with Crippen LogP contribution in [0.4, 0.5) is 11.4 Å². The van der Waals surface area contributed by atoms with Crippen molar-refractivity contribution in [3.8, 4) is 0 Å². The maximum Gasteiger partial charge on any atom is 0.271 e. The number of anilines is 2. The summed E-state index contributed by atoms with van der Waals surface area (Å²) in [7, 11) is 0. The summed E-state index contributed by atoms with van der Waals surface area (Å²) in [6, 6.07) is 14.4. The smallest absolute Gasteiger partial charge is 0.271 e. The van der Waals surface area contributed by atoms with Gasteiger partial charge in [0.15, 0.2) is 0 Å². The van der Waals surface area contributed by atoms with Gasteiger partial charge in [0.05, 0.1) is 11.3 Å². The predicted molar refractivity (Wildman–Crippen MR) is 107 cm³/mol. The number of nitrogens with zero attached hydrogens (tertiary/aromatic N) is 2. The average molecular weight is 375 g/mol. The van der Waals surface area contributed by atoms with Crippen molar-refractivity contribution in [2.24, 2.45) is 0 Å². The molecule has 1 fully saturated rings. The Kier molecular flexibility index (Phi) is 4.26. The molecule has 6 nitrogen and oxygen atoms in total. The lowest BCUT2D eigenvalue weighted by Crippen LogP contribution is -2.69. The molecule has 1 atom stereocenters. The number of para-hydroxylation sites is 1. The number of amides is 3. The summed E-state index contributed by atoms with van der Waals surface area (Å²) >= 11 is 0. The lowest BCUT2D eigenvalue weighted by molar-refractivity contribution is -0.128. The minimum Gasteiger partial charge on any atom is -0.322 e. The summed E-state index contributed by atoms with van der Waals surface area (Å²) in [5.41, 5.74) is 1.12. The molecule has 0 unspecified atom stereocenters. The minimum atomic E-state index is -1.40. The van der Waals surface area contributed by atoms with Crippen LogP contribution in [0.3, 0.4) is 0 Å². The van der Waals surface area contributed by atoms with Gasteiger partial charge >= 0.3 is 0 Å². The lowest BCUT2D eigenvalue weighted by atomic mass is 9.95. The Balaban J connectivity index is 1.85. The van der Waals surface area contributed by atoms with Gasteiger partial charge in [-0.25, -0.2) is 0 Å². The Morgan fingerprint density at radius 2 is 2.00 bits per heavy atom. The summed E-state index contributed by atoms with van der Waals surface area (Å²) in [5, 5.41) is 2.91. The molecule has 2 aliphatic heterocycles. The standard InChI is InChI=1S/C22H21N3O3/c1-3-13-24-20(27)17-9-4-5-10-18(17)25-19(26)11-12-22(24,25)21(28)23-16-8-6-7-15(2)14-16/h3-10,14H,1,11-13H2,2H3,(H,23,28)/t22-/m1/s1. The van der Waals surface area contributed by atoms with Gasteiger partial charge in [0.1, 0.15) is 0 Å². The topological polar surface area (TPSA) is 69.7 Å². The fraction of sp³-hybridized carbons (Fsp3) is 0.227. The van der Waals surface area contributed by atoms with Crippen molar-refractivity contribution >= 4 is 29.1 Å². The Morgan fingerprint density at radius 3 is 2.75 bits per heavy atom. The zero-order chi connectivity index (χ0) is 19.9. The molecule has 0 spiro atoms. The molecule has 0 aromatic heterocycles. The molecule has 1 N–H and O–H groups in total. The summed E-state index contributed by atoms with van der Waals surface area (Å²) in [6.07, 6.45) is 2.00. The molecule has 2 aromatic rings. The molecule has 1 saturated heterocycles. The van der Waals surface area contributed by atoms with Crippen LogP contribution < -0.4 is 10.2 Å². The van der Waals surface area contributed by atoms with Crippen LogP contribution in [0.15, 0.2) is 61.2 Å². The molecule has 2 aliphatic rings. The van der Waals surface area contributed by atoms with Crippen molar-refractivity contribution in [2.45, 2.75) is 25.4 Å². The Morgan fingerprint density at radius 1 is 1.21 bits per heavy atom. The van der Waals surface area contributed by atoms with Gasteiger partial charge in [0.25, 0.3) is 11.8 Å². The van der Waals surface area contributed by atoms with Crippen LogP contribution in [0.2, 0.25) is 0 Å². The minimum absolute atomic E-state index is 0.165. The number of hydrogen-bond acceptors (Lipinski definition) is 3. The number of nitrogens with one attached hydrogen (secondary N) is 1. The van der Waals surface area contributed by atoms with Crippen LogP contribution in [0.25, 0.3) is 0 Å². The molecule has 2 aromatic carbocycles. The van der Waals surface area contributed by atoms with E-state index >= 15 is 0 Å². The first-order valence-corrected chi connectivity index (χ1v) is 9.22. The fourth-order valence-corrected chi connectivity index (χ4v) is 4.12. The summed E-state index contributed by atoms with van der Waals surface area (Å²) in [4.78, 5) is 42.5. The van der Waals surface area contributed by atoms with E-state index in [1.165, 1.54) is 9.80 Å². The van der Waals surface area contributed by atoms with Crippen LogP contribution >= 0.6 is 0 Å². The van der Waals surface area contributed by atoms with Crippen LogP contribution in [0, 0.1) is 6.92 Å². The molecule has 0 aliphatic carbocycles. The van der Waals surface area contributed by atoms with Crippen molar-refractivity contribution in [2.75, 3.05) is 16.8 Å². The Hall–Kier alpha value is -3.41. The average Bonchev–Trinajstić information content (AvgIpc) is 3.04. The van der Waals surface area contributed by atoms with E-state index in [2.05, 4.69) is 11.9 Å². The van der Waals surface area contributed by atoms with Crippen molar-refractivity contribution in [1.82, 2.24) is 4.90 Å². The van der Waals surface area contributed by atoms with Crippen LogP contribution in [-0.2, 0) is 9.59 Å². The van der Waals surface area contributed by atoms with Gasteiger partial charge in [-0.15, -0.1) is 6.58 Å². The zero-order valence-electron chi connectivity index (χ0n) is 15.6. The van der Waals surface area contributed by atoms with Gasteiger partial charge in [-0.3, -0.25) is 19.3 Å². The van der Waals surface area contributed by atoms with Gasteiger partial charge in [-0.05, 0) is 36.8 Å². The number of rotatable bonds is 4. The van der Waals surface area contributed by atoms with Crippen molar-refractivity contribution < 1.29 is 14.4 Å². The van der Waals surface area contributed by atoms with Gasteiger partial charge in [0.2, 0.25) is 11.6 Å². The quantitative estimate of drug-likeness (QED) is 0.835. The highest BCUT2D eigenvalue weighted by atomic mass is 16.2. The fourth-order valence-electron chi connectivity index (χ4n) is 4.12. The van der Waals surface area contributed by atoms with Crippen molar-refractivity contribution in [3.05, 3.63) is 72.3 Å². The third-order valence-corrected chi connectivity index (χ3v) is 5.33. The van der Waals surface area contributed by atoms with E-state index in [0.717, 1.165) is 5.56 Å². The number of carbonyl (C=O) groups is 3. The first kappa shape index (κ1) is 18.0. The summed E-state index contributed by atoms with van der Waals surface area (Å²) in [5.74, 6) is -0.845. The lowest BCUT2D eigenvalue weighted by Gasteiger charge is -2.48. The summed E-state index contributed by atoms with van der Waals surface area (Å²) in [6.45, 7) is 5.83. The third kappa shape index (κ3) is 2.52. The Labute approximate surface area is 163 Å². The van der Waals surface area contributed by atoms with E-state index in [1.807, 2.05) is 25.1 Å². The largest absolute Gasteiger partial charge is 0.322 e. The van der Waals surface area contributed by atoms with E-state index < -0.39 is 11.6 Å². The molecule has 2 heterocycles. The van der Waals surface area contributed by atoms with Crippen LogP contribution in [-0.4, -0.2) is 34.8 Å². The van der Waals surface area contributed by atoms with Gasteiger partial charge in [0, 0.05) is 25.1 Å². The van der Waals surface area contributed by atoms with Gasteiger partial charge < -0.3 is 10.2 Å². The second-order valence-electron chi connectivity index (χ2n) is 7.09. The molecule has 4 rings (SSSR count). The maximum atomic E-state index is 13.5. The normalized spacial score (nSPS) is 20.6. The van der Waals surface area contributed by atoms with E-state index in [-0.39, 0.29) is 31.2 Å².